The number of esters is 2. The number of carbonyl (C=O) groups excluding carboxylic acids is 3. The van der Waals surface area contributed by atoms with Gasteiger partial charge < -0.3 is 78.7 Å². The van der Waals surface area contributed by atoms with E-state index in [-0.39, 0.29) is 62.9 Å². The van der Waals surface area contributed by atoms with E-state index in [0.29, 0.717) is 38.6 Å². The van der Waals surface area contributed by atoms with Crippen molar-refractivity contribution in [2.45, 2.75) is 268 Å². The molecule has 3 saturated heterocycles. The Balaban J connectivity index is 0.000000289. The maximum absolute atomic E-state index is 17.1. The van der Waals surface area contributed by atoms with Gasteiger partial charge >= 0.3 is 17.9 Å². The van der Waals surface area contributed by atoms with Crippen LogP contribution in [0.15, 0.2) is 23.8 Å². The van der Waals surface area contributed by atoms with Crippen LogP contribution in [0.1, 0.15) is 160 Å². The Hall–Kier alpha value is -3.10. The van der Waals surface area contributed by atoms with E-state index in [2.05, 4.69) is 4.90 Å². The summed E-state index contributed by atoms with van der Waals surface area (Å²) in [6, 6.07) is -0.272. The van der Waals surface area contributed by atoms with Crippen LogP contribution in [0.3, 0.4) is 0 Å². The van der Waals surface area contributed by atoms with Crippen LogP contribution < -0.4 is 0 Å². The van der Waals surface area contributed by atoms with Crippen molar-refractivity contribution in [3.63, 3.8) is 0 Å². The van der Waals surface area contributed by atoms with Crippen molar-refractivity contribution < 1.29 is 96.9 Å². The number of hydrogen-bond donors (Lipinski definition) is 7. The van der Waals surface area contributed by atoms with Crippen LogP contribution in [0.4, 0.5) is 8.78 Å². The van der Waals surface area contributed by atoms with Gasteiger partial charge in [-0.05, 0) is 170 Å². The maximum atomic E-state index is 17.1. The summed E-state index contributed by atoms with van der Waals surface area (Å²) in [6.45, 7) is 21.3. The Bertz CT molecular complexity index is 2400. The number of halogens is 2. The Labute approximate surface area is 502 Å². The molecule has 0 aromatic carbocycles. The normalized spacial score (nSPS) is 47.4. The summed E-state index contributed by atoms with van der Waals surface area (Å²) < 4.78 is 75.6. The molecule has 3 heterocycles. The third kappa shape index (κ3) is 13.8. The Morgan fingerprint density at radius 2 is 1.53 bits per heavy atom. The fourth-order valence-electron chi connectivity index (χ4n) is 15.8. The minimum atomic E-state index is -2.28. The number of fused-ring (bicyclic) bond motifs is 5. The Morgan fingerprint density at radius 3 is 2.14 bits per heavy atom. The molecule has 3 saturated carbocycles. The van der Waals surface area contributed by atoms with Crippen LogP contribution in [0, 0.1) is 40.4 Å². The molecule has 0 amide bonds. The predicted molar refractivity (Wildman–Crippen MR) is 309 cm³/mol. The van der Waals surface area contributed by atoms with E-state index in [1.807, 2.05) is 46.8 Å². The van der Waals surface area contributed by atoms with Gasteiger partial charge in [-0.3, -0.25) is 14.4 Å². The largest absolute Gasteiger partial charge is 0.481 e. The summed E-state index contributed by atoms with van der Waals surface area (Å²) in [6.07, 6.45) is -3.60. The molecule has 25 atom stereocenters. The topological polar surface area (TPSA) is 281 Å². The first-order valence-corrected chi connectivity index (χ1v) is 30.9. The first-order chi connectivity index (χ1) is 39.3. The lowest BCUT2D eigenvalue weighted by Gasteiger charge is -2.62. The zero-order valence-corrected chi connectivity index (χ0v) is 53.3. The van der Waals surface area contributed by atoms with Gasteiger partial charge in [-0.2, -0.15) is 0 Å². The fraction of sp³-hybridized carbons (Fsp3) is 0.873. The number of unbranched alkanes of at least 4 members (excludes halogenated alkanes) is 1. The van der Waals surface area contributed by atoms with E-state index < -0.39 is 160 Å². The van der Waals surface area contributed by atoms with Crippen molar-refractivity contribution in [1.29, 1.82) is 0 Å². The molecular weight excluding hydrogens is 1110 g/mol. The van der Waals surface area contributed by atoms with Gasteiger partial charge in [0.15, 0.2) is 29.6 Å². The van der Waals surface area contributed by atoms with Crippen molar-refractivity contribution in [3.8, 4) is 0 Å². The van der Waals surface area contributed by atoms with Gasteiger partial charge in [0.1, 0.15) is 30.1 Å². The summed E-state index contributed by atoms with van der Waals surface area (Å²) in [5.41, 5.74) is -11.2. The highest BCUT2D eigenvalue weighted by Crippen LogP contribution is 2.71. The lowest BCUT2D eigenvalue weighted by Crippen LogP contribution is -2.70. The molecule has 22 heteroatoms. The third-order valence-corrected chi connectivity index (χ3v) is 21.5. The van der Waals surface area contributed by atoms with Crippen molar-refractivity contribution in [3.05, 3.63) is 23.8 Å². The van der Waals surface area contributed by atoms with E-state index in [4.69, 9.17) is 38.3 Å². The van der Waals surface area contributed by atoms with Gasteiger partial charge in [0, 0.05) is 61.1 Å². The Morgan fingerprint density at radius 1 is 0.871 bits per heavy atom. The molecule has 4 aliphatic carbocycles. The number of aliphatic hydroxyl groups excluding tert-OH is 3. The number of carboxylic acids is 1. The molecule has 85 heavy (non-hydrogen) atoms. The number of aliphatic carboxylic acids is 1. The molecule has 0 spiro atoms. The van der Waals surface area contributed by atoms with Gasteiger partial charge in [0.2, 0.25) is 0 Å². The van der Waals surface area contributed by atoms with Gasteiger partial charge in [-0.25, -0.2) is 13.6 Å². The van der Waals surface area contributed by atoms with E-state index in [1.165, 1.54) is 33.1 Å². The summed E-state index contributed by atoms with van der Waals surface area (Å²) in [5.74, 6) is -6.68. The molecule has 7 N–H and O–H groups in total. The summed E-state index contributed by atoms with van der Waals surface area (Å²) >= 11 is 0. The minimum absolute atomic E-state index is 0.0217. The SMILES string of the molecule is CC[C@H]1OC(=O)[C@H](C)[C@@H](O[C@@H]2C[C@](C)(OC)[C@H](O)C(C)O2)[C@H](C)[C@@H](O[C@H]2C[C@H](N(C)C)C[C@@H](C)O2)[C@](C)(O)CCCN(C)[C@H](C)[C@@H](O)[C@]1(C)O.C[C@@H]1CC2C3C[C@H](F)C4=CC(=O)C=C[C@]4(C)[C@@]3(F)[C@@H](O)C[C@]2(C)[C@@]1(O)C(=O)OCCCCC(=O)O. The predicted octanol–water partition coefficient (Wildman–Crippen LogP) is 5.76. The van der Waals surface area contributed by atoms with Crippen molar-refractivity contribution in [2.24, 2.45) is 40.4 Å². The van der Waals surface area contributed by atoms with E-state index in [1.54, 1.807) is 48.5 Å². The Kier molecular flexibility index (Phi) is 22.7. The molecule has 0 bridgehead atoms. The van der Waals surface area contributed by atoms with E-state index in [0.717, 1.165) is 12.5 Å². The van der Waals surface area contributed by atoms with Gasteiger partial charge in [0.25, 0.3) is 0 Å². The number of hydrogen-bond acceptors (Lipinski definition) is 19. The summed E-state index contributed by atoms with van der Waals surface area (Å²) in [5, 5.41) is 78.0. The van der Waals surface area contributed by atoms with Crippen LogP contribution in [0.2, 0.25) is 0 Å². The highest BCUT2D eigenvalue weighted by atomic mass is 19.1. The molecular formula is C63H104F2N2O18. The lowest BCUT2D eigenvalue weighted by molar-refractivity contribution is -0.308. The number of likely N-dealkylation sites (N-methyl/N-ethyl adjacent to an activating group) is 1. The smallest absolute Gasteiger partial charge is 0.338 e. The number of methoxy groups -OCH3 is 1. The third-order valence-electron chi connectivity index (χ3n) is 21.5. The summed E-state index contributed by atoms with van der Waals surface area (Å²) in [4.78, 5) is 54.0. The lowest BCUT2D eigenvalue weighted by atomic mass is 9.44. The highest BCUT2D eigenvalue weighted by Gasteiger charge is 2.77. The summed E-state index contributed by atoms with van der Waals surface area (Å²) in [7, 11) is 7.46. The molecule has 488 valence electrons. The van der Waals surface area contributed by atoms with Crippen LogP contribution in [0.5, 0.6) is 0 Å². The molecule has 7 rings (SSSR count). The second-order valence-electron chi connectivity index (χ2n) is 27.6. The molecule has 3 unspecified atom stereocenters. The zero-order valence-electron chi connectivity index (χ0n) is 53.3. The van der Waals surface area contributed by atoms with Crippen molar-refractivity contribution >= 4 is 23.7 Å². The number of cyclic esters (lactones) is 1. The van der Waals surface area contributed by atoms with Crippen LogP contribution in [-0.4, -0.2) is 218 Å². The van der Waals surface area contributed by atoms with E-state index >= 15 is 8.78 Å². The zero-order chi connectivity index (χ0) is 63.9. The van der Waals surface area contributed by atoms with Gasteiger partial charge in [0.05, 0.1) is 54.2 Å². The highest BCUT2D eigenvalue weighted by molar-refractivity contribution is 6.01. The first kappa shape index (κ1) is 71.0. The second kappa shape index (κ2) is 27.2. The van der Waals surface area contributed by atoms with Gasteiger partial charge in [-0.1, -0.05) is 33.8 Å². The second-order valence-corrected chi connectivity index (χ2v) is 27.6. The number of ether oxygens (including phenoxy) is 7. The molecule has 0 aromatic heterocycles. The number of nitrogens with zero attached hydrogens (tertiary/aromatic N) is 2. The number of alkyl halides is 2. The number of rotatable bonds is 13. The molecule has 6 fully saturated rings. The quantitative estimate of drug-likeness (QED) is 0.0852. The number of allylic oxidation sites excluding steroid dienone is 4. The van der Waals surface area contributed by atoms with Crippen LogP contribution >= 0.6 is 0 Å². The fourth-order valence-corrected chi connectivity index (χ4v) is 15.8. The standard InChI is InChI=1S/C37H70N2O11.C26H34F2O7/c1-14-27-37(9,44)31(40)24(5)39(12)17-15-16-35(7,43)33(50-28-19-26(38(10)11)18-21(2)46-28)22(3)30(23(4)34(42)48-27)49-29-20-36(8,45-13)32(41)25(6)47-29;1-14-10-16-17-12-19(27)18-11-15(29)7-8-23(18,2)25(17,28)20(30)13-24(16,3)26(14,34)22(33)35-9-5-4-6-21(31)32/h21-33,40-41,43-44H,14-20H2,1-13H3;7-8,11,14,16-17,19-20,30,34H,4-6,9-10,12-13H2,1-3H3,(H,31,32)/t21-,22+,23-,24-,25?,26-,27-,28+,29-,30+,31-,32-,33-,35-,36+,37-;14-,16?,17?,19+,20+,23+,24+,25+,26+/m11/s1. The first-order valence-electron chi connectivity index (χ1n) is 30.9. The van der Waals surface area contributed by atoms with Gasteiger partial charge in [-0.15, -0.1) is 0 Å². The van der Waals surface area contributed by atoms with Crippen molar-refractivity contribution in [1.82, 2.24) is 9.80 Å². The molecule has 20 nitrogen and oxygen atoms in total. The van der Waals surface area contributed by atoms with Crippen molar-refractivity contribution in [2.75, 3.05) is 41.4 Å². The number of carbonyl (C=O) groups is 4. The van der Waals surface area contributed by atoms with E-state index in [9.17, 15) is 49.8 Å². The maximum Gasteiger partial charge on any atom is 0.338 e. The van der Waals surface area contributed by atoms with Crippen LogP contribution in [-0.2, 0) is 52.3 Å². The number of ketones is 1. The minimum Gasteiger partial charge on any atom is -0.481 e. The average Bonchev–Trinajstić information content (AvgIpc) is 1.66. The molecule has 0 radical (unpaired) electrons. The monoisotopic (exact) mass is 1210 g/mol. The molecule has 7 aliphatic rings. The molecule has 3 aliphatic heterocycles. The van der Waals surface area contributed by atoms with Crippen LogP contribution in [0.25, 0.3) is 0 Å². The number of carboxylic acid groups (broad SMARTS) is 1. The number of aliphatic hydroxyl groups is 6. The average molecular weight is 1220 g/mol. The molecule has 0 aromatic rings.